The Morgan fingerprint density at radius 2 is 2.00 bits per heavy atom. The Labute approximate surface area is 204 Å². The minimum Gasteiger partial charge on any atom is -0.383 e. The van der Waals surface area contributed by atoms with Crippen molar-refractivity contribution in [2.45, 2.75) is 38.1 Å². The molecule has 5 rings (SSSR count). The van der Waals surface area contributed by atoms with Gasteiger partial charge in [-0.1, -0.05) is 18.2 Å². The van der Waals surface area contributed by atoms with Crippen LogP contribution in [0.15, 0.2) is 55.0 Å². The van der Waals surface area contributed by atoms with Gasteiger partial charge in [0.05, 0.1) is 11.8 Å². The molecule has 1 fully saturated rings. The number of nitrogen functional groups attached to an aromatic ring is 1. The van der Waals surface area contributed by atoms with Gasteiger partial charge < -0.3 is 16.0 Å². The number of aromatic nitrogens is 3. The molecule has 0 bridgehead atoms. The molecule has 3 N–H and O–H groups in total. The van der Waals surface area contributed by atoms with E-state index in [1.54, 1.807) is 23.1 Å². The largest absolute Gasteiger partial charge is 0.383 e. The van der Waals surface area contributed by atoms with E-state index in [1.165, 1.54) is 18.4 Å². The summed E-state index contributed by atoms with van der Waals surface area (Å²) in [6.45, 7) is 1.06. The highest BCUT2D eigenvalue weighted by atomic mass is 16.2. The van der Waals surface area contributed by atoms with Gasteiger partial charge in [0, 0.05) is 55.3 Å². The average Bonchev–Trinajstić information content (AvgIpc) is 3.53. The monoisotopic (exact) mass is 470 g/mol. The number of benzene rings is 1. The van der Waals surface area contributed by atoms with Crippen molar-refractivity contribution in [3.05, 3.63) is 71.7 Å². The summed E-state index contributed by atoms with van der Waals surface area (Å²) in [4.78, 5) is 32.2. The molecule has 3 aromatic rings. The fourth-order valence-electron chi connectivity index (χ4n) is 4.85. The Bertz CT molecular complexity index is 1290. The quantitative estimate of drug-likeness (QED) is 0.592. The van der Waals surface area contributed by atoms with Crippen molar-refractivity contribution in [3.63, 3.8) is 0 Å². The molecule has 8 nitrogen and oxygen atoms in total. The van der Waals surface area contributed by atoms with Gasteiger partial charge in [-0.25, -0.2) is 4.98 Å². The zero-order valence-corrected chi connectivity index (χ0v) is 19.9. The Kier molecular flexibility index (Phi) is 6.35. The van der Waals surface area contributed by atoms with E-state index in [1.807, 2.05) is 36.3 Å². The number of allylic oxidation sites excluding steroid dienone is 2. The van der Waals surface area contributed by atoms with Gasteiger partial charge in [0.1, 0.15) is 5.82 Å². The lowest BCUT2D eigenvalue weighted by Gasteiger charge is -2.19. The van der Waals surface area contributed by atoms with Gasteiger partial charge in [0.2, 0.25) is 0 Å². The van der Waals surface area contributed by atoms with Gasteiger partial charge in [0.25, 0.3) is 11.8 Å². The number of likely N-dealkylation sites (tertiary alicyclic amines) is 1. The van der Waals surface area contributed by atoms with Crippen LogP contribution in [0.25, 0.3) is 16.7 Å². The van der Waals surface area contributed by atoms with E-state index in [-0.39, 0.29) is 23.7 Å². The van der Waals surface area contributed by atoms with E-state index in [4.69, 9.17) is 5.73 Å². The van der Waals surface area contributed by atoms with Crippen LogP contribution in [-0.4, -0.2) is 50.6 Å². The lowest BCUT2D eigenvalue weighted by molar-refractivity contribution is 0.0783. The van der Waals surface area contributed by atoms with Crippen molar-refractivity contribution in [2.24, 2.45) is 7.05 Å². The number of nitrogens with zero attached hydrogens (tertiary/aromatic N) is 4. The Hall–Kier alpha value is -3.94. The number of aryl methyl sites for hydroxylation is 1. The predicted octanol–water partition coefficient (Wildman–Crippen LogP) is 3.67. The summed E-state index contributed by atoms with van der Waals surface area (Å²) in [5.74, 6) is -0.110. The number of hydrogen-bond acceptors (Lipinski definition) is 5. The molecule has 0 saturated carbocycles. The average molecular weight is 471 g/mol. The third kappa shape index (κ3) is 4.96. The van der Waals surface area contributed by atoms with Crippen molar-refractivity contribution >= 4 is 23.2 Å². The van der Waals surface area contributed by atoms with Crippen LogP contribution >= 0.6 is 0 Å². The number of hydrogen-bond donors (Lipinski definition) is 2. The third-order valence-electron chi connectivity index (χ3n) is 6.78. The predicted molar refractivity (Wildman–Crippen MR) is 136 cm³/mol. The minimum absolute atomic E-state index is 0.000219. The first kappa shape index (κ1) is 22.8. The third-order valence-corrected chi connectivity index (χ3v) is 6.78. The molecule has 0 radical (unpaired) electrons. The zero-order chi connectivity index (χ0) is 24.4. The fourth-order valence-corrected chi connectivity index (χ4v) is 4.85. The summed E-state index contributed by atoms with van der Waals surface area (Å²) in [6.07, 6.45) is 12.8. The van der Waals surface area contributed by atoms with Gasteiger partial charge in [-0.2, -0.15) is 5.10 Å². The van der Waals surface area contributed by atoms with E-state index in [0.717, 1.165) is 29.5 Å². The lowest BCUT2D eigenvalue weighted by Crippen LogP contribution is -2.38. The first-order valence-corrected chi connectivity index (χ1v) is 12.1. The normalized spacial score (nSPS) is 17.8. The van der Waals surface area contributed by atoms with Crippen molar-refractivity contribution < 1.29 is 9.59 Å². The van der Waals surface area contributed by atoms with Crippen molar-refractivity contribution in [1.29, 1.82) is 0 Å². The standard InChI is InChI=1S/C27H30N6O2/c1-32-16-22(15-30-32)21-13-24(25(28)29-14-21)26(34)31-23-10-11-33(17-23)27(35)20-9-5-8-19(12-20)18-6-3-2-4-7-18/h5-6,8-9,12-16,23H,2-4,7,10-11,17H2,1H3,(H2,28,29)(H,31,34)/t23-/m1/s1. The van der Waals surface area contributed by atoms with Crippen LogP contribution in [0.2, 0.25) is 0 Å². The number of amides is 2. The Morgan fingerprint density at radius 1 is 1.11 bits per heavy atom. The smallest absolute Gasteiger partial charge is 0.255 e. The van der Waals surface area contributed by atoms with E-state index in [9.17, 15) is 9.59 Å². The van der Waals surface area contributed by atoms with Gasteiger partial charge in [-0.05, 0) is 61.4 Å². The lowest BCUT2D eigenvalue weighted by atomic mass is 9.93. The first-order chi connectivity index (χ1) is 17.0. The second-order valence-electron chi connectivity index (χ2n) is 9.33. The molecule has 35 heavy (non-hydrogen) atoms. The number of carbonyl (C=O) groups is 2. The molecule has 1 aliphatic heterocycles. The molecule has 1 atom stereocenters. The van der Waals surface area contributed by atoms with Gasteiger partial charge in [0.15, 0.2) is 0 Å². The summed E-state index contributed by atoms with van der Waals surface area (Å²) < 4.78 is 1.69. The van der Waals surface area contributed by atoms with Crippen LogP contribution in [0.1, 0.15) is 58.4 Å². The van der Waals surface area contributed by atoms with Gasteiger partial charge in [-0.3, -0.25) is 14.3 Å². The molecule has 180 valence electrons. The number of pyridine rings is 1. The van der Waals surface area contributed by atoms with Gasteiger partial charge >= 0.3 is 0 Å². The second-order valence-corrected chi connectivity index (χ2v) is 9.33. The number of nitrogens with one attached hydrogen (secondary N) is 1. The molecule has 3 heterocycles. The maximum absolute atomic E-state index is 13.2. The number of nitrogens with two attached hydrogens (primary N) is 1. The summed E-state index contributed by atoms with van der Waals surface area (Å²) in [6, 6.07) is 9.51. The highest BCUT2D eigenvalue weighted by Crippen LogP contribution is 2.28. The molecule has 0 spiro atoms. The maximum atomic E-state index is 13.2. The summed E-state index contributed by atoms with van der Waals surface area (Å²) in [7, 11) is 1.83. The van der Waals surface area contributed by atoms with Gasteiger partial charge in [-0.15, -0.1) is 0 Å². The van der Waals surface area contributed by atoms with E-state index in [0.29, 0.717) is 30.6 Å². The highest BCUT2D eigenvalue weighted by Gasteiger charge is 2.29. The number of anilines is 1. The van der Waals surface area contributed by atoms with Crippen LogP contribution in [0, 0.1) is 0 Å². The van der Waals surface area contributed by atoms with Crippen LogP contribution < -0.4 is 11.1 Å². The molecule has 1 aromatic carbocycles. The zero-order valence-electron chi connectivity index (χ0n) is 19.9. The fraction of sp³-hybridized carbons (Fsp3) is 0.333. The topological polar surface area (TPSA) is 106 Å². The minimum atomic E-state index is -0.286. The van der Waals surface area contributed by atoms with Crippen molar-refractivity contribution in [2.75, 3.05) is 18.8 Å². The first-order valence-electron chi connectivity index (χ1n) is 12.1. The summed E-state index contributed by atoms with van der Waals surface area (Å²) in [5.41, 5.74) is 11.1. The highest BCUT2D eigenvalue weighted by molar-refractivity contribution is 6.00. The molecular weight excluding hydrogens is 440 g/mol. The number of carbonyl (C=O) groups excluding carboxylic acids is 2. The molecular formula is C27H30N6O2. The summed E-state index contributed by atoms with van der Waals surface area (Å²) >= 11 is 0. The van der Waals surface area contributed by atoms with Crippen molar-refractivity contribution in [3.8, 4) is 11.1 Å². The summed E-state index contributed by atoms with van der Waals surface area (Å²) in [5, 5.41) is 7.21. The Morgan fingerprint density at radius 3 is 2.77 bits per heavy atom. The second kappa shape index (κ2) is 9.74. The molecule has 1 saturated heterocycles. The van der Waals surface area contributed by atoms with Crippen LogP contribution in [-0.2, 0) is 7.05 Å². The Balaban J connectivity index is 1.24. The van der Waals surface area contributed by atoms with Crippen molar-refractivity contribution in [1.82, 2.24) is 25.0 Å². The van der Waals surface area contributed by atoms with Crippen LogP contribution in [0.3, 0.4) is 0 Å². The van der Waals surface area contributed by atoms with Crippen LogP contribution in [0.5, 0.6) is 0 Å². The molecule has 8 heteroatoms. The van der Waals surface area contributed by atoms with E-state index in [2.05, 4.69) is 27.5 Å². The van der Waals surface area contributed by atoms with E-state index < -0.39 is 0 Å². The molecule has 2 aliphatic rings. The number of rotatable bonds is 5. The van der Waals surface area contributed by atoms with E-state index >= 15 is 0 Å². The molecule has 1 aliphatic carbocycles. The molecule has 0 unspecified atom stereocenters. The van der Waals surface area contributed by atoms with Crippen LogP contribution in [0.4, 0.5) is 5.82 Å². The molecule has 2 aromatic heterocycles. The maximum Gasteiger partial charge on any atom is 0.255 e. The molecule has 2 amide bonds. The SMILES string of the molecule is Cn1cc(-c2cnc(N)c(C(=O)N[C@@H]3CCN(C(=O)c4cccc(C5=CCCCC5)c4)C3)c2)cn1.